The Balaban J connectivity index is 2.00. The van der Waals surface area contributed by atoms with Gasteiger partial charge in [-0.1, -0.05) is 35.9 Å². The Morgan fingerprint density at radius 3 is 2.61 bits per heavy atom. The molecular formula is C17H15NO5. The summed E-state index contributed by atoms with van der Waals surface area (Å²) in [5.74, 6) is -0.218. The summed E-state index contributed by atoms with van der Waals surface area (Å²) < 4.78 is 10.6. The minimum Gasteiger partial charge on any atom is -0.490 e. The normalized spacial score (nSPS) is 16.0. The number of ketones is 1. The fourth-order valence-electron chi connectivity index (χ4n) is 2.22. The first-order valence-electron chi connectivity index (χ1n) is 7.19. The predicted molar refractivity (Wildman–Crippen MR) is 82.9 cm³/mol. The number of nitro groups is 1. The number of aryl methyl sites for hydroxylation is 1. The van der Waals surface area contributed by atoms with Crippen LogP contribution in [0.5, 0.6) is 5.75 Å². The van der Waals surface area contributed by atoms with Crippen LogP contribution in [0.25, 0.3) is 0 Å². The van der Waals surface area contributed by atoms with Crippen molar-refractivity contribution in [3.05, 3.63) is 69.3 Å². The lowest BCUT2D eigenvalue weighted by Crippen LogP contribution is -2.11. The van der Waals surface area contributed by atoms with E-state index in [1.165, 1.54) is 12.1 Å². The van der Waals surface area contributed by atoms with Gasteiger partial charge in [-0.25, -0.2) is 0 Å². The summed E-state index contributed by atoms with van der Waals surface area (Å²) in [6.45, 7) is 2.79. The molecule has 1 aliphatic rings. The van der Waals surface area contributed by atoms with Gasteiger partial charge < -0.3 is 9.47 Å². The van der Waals surface area contributed by atoms with Crippen LogP contribution in [-0.2, 0) is 4.74 Å². The number of rotatable bonds is 6. The zero-order chi connectivity index (χ0) is 16.4. The highest BCUT2D eigenvalue weighted by molar-refractivity contribution is 6.13. The van der Waals surface area contributed by atoms with Gasteiger partial charge in [0.25, 0.3) is 5.69 Å². The van der Waals surface area contributed by atoms with E-state index in [2.05, 4.69) is 0 Å². The molecule has 0 radical (unpaired) electrons. The number of nitro benzene ring substituents is 1. The van der Waals surface area contributed by atoms with E-state index >= 15 is 0 Å². The fraction of sp³-hybridized carbons (Fsp3) is 0.235. The van der Waals surface area contributed by atoms with E-state index in [-0.39, 0.29) is 29.7 Å². The van der Waals surface area contributed by atoms with Crippen LogP contribution < -0.4 is 4.74 Å². The molecule has 6 nitrogen and oxygen atoms in total. The predicted octanol–water partition coefficient (Wildman–Crippen LogP) is 2.91. The van der Waals surface area contributed by atoms with E-state index < -0.39 is 10.7 Å². The molecule has 0 spiro atoms. The molecule has 2 aromatic carbocycles. The molecule has 0 aliphatic carbocycles. The van der Waals surface area contributed by atoms with Crippen LogP contribution in [0.15, 0.2) is 42.5 Å². The van der Waals surface area contributed by atoms with Crippen molar-refractivity contribution < 1.29 is 19.2 Å². The maximum atomic E-state index is 12.7. The first-order valence-corrected chi connectivity index (χ1v) is 7.19. The second kappa shape index (κ2) is 6.18. The molecule has 1 atom stereocenters. The molecule has 3 rings (SSSR count). The number of ether oxygens (including phenoxy) is 2. The molecule has 0 bridgehead atoms. The summed E-state index contributed by atoms with van der Waals surface area (Å²) in [6, 6.07) is 11.3. The van der Waals surface area contributed by atoms with Gasteiger partial charge in [0, 0.05) is 11.6 Å². The van der Waals surface area contributed by atoms with Gasteiger partial charge in [-0.3, -0.25) is 14.9 Å². The number of hydrogen-bond donors (Lipinski definition) is 0. The second-order valence-electron chi connectivity index (χ2n) is 5.37. The number of epoxide rings is 1. The molecule has 1 fully saturated rings. The highest BCUT2D eigenvalue weighted by atomic mass is 16.6. The number of hydrogen-bond acceptors (Lipinski definition) is 5. The third-order valence-electron chi connectivity index (χ3n) is 3.57. The van der Waals surface area contributed by atoms with Crippen molar-refractivity contribution in [3.63, 3.8) is 0 Å². The largest absolute Gasteiger partial charge is 0.490 e. The molecule has 0 saturated carbocycles. The summed E-state index contributed by atoms with van der Waals surface area (Å²) in [5, 5.41) is 11.3. The van der Waals surface area contributed by atoms with Crippen LogP contribution in [0, 0.1) is 17.0 Å². The quantitative estimate of drug-likeness (QED) is 0.354. The van der Waals surface area contributed by atoms with Gasteiger partial charge >= 0.3 is 0 Å². The average molecular weight is 313 g/mol. The smallest absolute Gasteiger partial charge is 0.284 e. The van der Waals surface area contributed by atoms with Crippen LogP contribution in [-0.4, -0.2) is 30.0 Å². The van der Waals surface area contributed by atoms with Crippen LogP contribution in [0.3, 0.4) is 0 Å². The molecule has 1 aliphatic heterocycles. The van der Waals surface area contributed by atoms with Crippen molar-refractivity contribution in [2.45, 2.75) is 13.0 Å². The molecule has 1 unspecified atom stereocenters. The first kappa shape index (κ1) is 15.2. The van der Waals surface area contributed by atoms with Crippen LogP contribution in [0.2, 0.25) is 0 Å². The van der Waals surface area contributed by atoms with Gasteiger partial charge in [-0.2, -0.15) is 0 Å². The Morgan fingerprint density at radius 1 is 1.30 bits per heavy atom. The zero-order valence-corrected chi connectivity index (χ0v) is 12.5. The van der Waals surface area contributed by atoms with Crippen molar-refractivity contribution in [1.82, 2.24) is 0 Å². The molecule has 1 saturated heterocycles. The monoisotopic (exact) mass is 313 g/mol. The lowest BCUT2D eigenvalue weighted by molar-refractivity contribution is -0.385. The van der Waals surface area contributed by atoms with Crippen molar-refractivity contribution >= 4 is 11.5 Å². The molecule has 0 aromatic heterocycles. The standard InChI is InChI=1S/C17H15NO5/c1-11-5-7-12(8-6-11)17(19)16-14(18(20)21)3-2-4-15(16)23-10-13-9-22-13/h2-8,13H,9-10H2,1H3. The van der Waals surface area contributed by atoms with E-state index in [0.29, 0.717) is 12.2 Å². The number of carbonyl (C=O) groups is 1. The summed E-state index contributed by atoms with van der Waals surface area (Å²) >= 11 is 0. The van der Waals surface area contributed by atoms with Crippen molar-refractivity contribution in [1.29, 1.82) is 0 Å². The van der Waals surface area contributed by atoms with Gasteiger partial charge in [-0.15, -0.1) is 0 Å². The highest BCUT2D eigenvalue weighted by Gasteiger charge is 2.28. The average Bonchev–Trinajstić information content (AvgIpc) is 3.37. The minimum atomic E-state index is -0.568. The molecular weight excluding hydrogens is 298 g/mol. The van der Waals surface area contributed by atoms with Gasteiger partial charge in [0.2, 0.25) is 5.78 Å². The number of carbonyl (C=O) groups excluding carboxylic acids is 1. The maximum Gasteiger partial charge on any atom is 0.284 e. The third kappa shape index (κ3) is 3.37. The first-order chi connectivity index (χ1) is 11.1. The molecule has 2 aromatic rings. The van der Waals surface area contributed by atoms with E-state index in [9.17, 15) is 14.9 Å². The highest BCUT2D eigenvalue weighted by Crippen LogP contribution is 2.31. The Hall–Kier alpha value is -2.73. The molecule has 1 heterocycles. The fourth-order valence-corrected chi connectivity index (χ4v) is 2.22. The lowest BCUT2D eigenvalue weighted by Gasteiger charge is -2.10. The van der Waals surface area contributed by atoms with E-state index in [0.717, 1.165) is 5.56 Å². The van der Waals surface area contributed by atoms with Gasteiger partial charge in [-0.05, 0) is 13.0 Å². The Kier molecular flexibility index (Phi) is 4.08. The Bertz CT molecular complexity index is 750. The van der Waals surface area contributed by atoms with Crippen LogP contribution in [0.1, 0.15) is 21.5 Å². The maximum absolute atomic E-state index is 12.7. The Morgan fingerprint density at radius 2 is 2.00 bits per heavy atom. The van der Waals surface area contributed by atoms with Crippen molar-refractivity contribution in [3.8, 4) is 5.75 Å². The van der Waals surface area contributed by atoms with Crippen LogP contribution in [0.4, 0.5) is 5.69 Å². The lowest BCUT2D eigenvalue weighted by atomic mass is 10.00. The van der Waals surface area contributed by atoms with Gasteiger partial charge in [0.05, 0.1) is 11.5 Å². The second-order valence-corrected chi connectivity index (χ2v) is 5.37. The number of nitrogens with zero attached hydrogens (tertiary/aromatic N) is 1. The number of benzene rings is 2. The van der Waals surface area contributed by atoms with Gasteiger partial charge in [0.1, 0.15) is 24.0 Å². The van der Waals surface area contributed by atoms with Crippen molar-refractivity contribution in [2.75, 3.05) is 13.2 Å². The summed E-state index contributed by atoms with van der Waals surface area (Å²) in [6.07, 6.45) is -0.00316. The molecule has 118 valence electrons. The van der Waals surface area contributed by atoms with Gasteiger partial charge in [0.15, 0.2) is 0 Å². The van der Waals surface area contributed by atoms with E-state index in [1.807, 2.05) is 6.92 Å². The Labute approximate surface area is 132 Å². The molecule has 0 N–H and O–H groups in total. The summed E-state index contributed by atoms with van der Waals surface area (Å²) in [5.41, 5.74) is 1.11. The summed E-state index contributed by atoms with van der Waals surface area (Å²) in [4.78, 5) is 23.5. The topological polar surface area (TPSA) is 82.0 Å². The SMILES string of the molecule is Cc1ccc(C(=O)c2c(OCC3CO3)cccc2[N+](=O)[O-])cc1. The minimum absolute atomic E-state index is 0.00316. The van der Waals surface area contributed by atoms with E-state index in [1.54, 1.807) is 30.3 Å². The van der Waals surface area contributed by atoms with E-state index in [4.69, 9.17) is 9.47 Å². The molecule has 6 heteroatoms. The zero-order valence-electron chi connectivity index (χ0n) is 12.5. The van der Waals surface area contributed by atoms with Crippen LogP contribution >= 0.6 is 0 Å². The third-order valence-corrected chi connectivity index (χ3v) is 3.57. The molecule has 23 heavy (non-hydrogen) atoms. The van der Waals surface area contributed by atoms with Crippen molar-refractivity contribution in [2.24, 2.45) is 0 Å². The molecule has 0 amide bonds. The summed E-state index contributed by atoms with van der Waals surface area (Å²) in [7, 11) is 0.